The molecular formula is C18H23N5OS. The lowest BCUT2D eigenvalue weighted by Gasteiger charge is -2.29. The SMILES string of the molecule is CC(CN(Cc1ccsc1)C(=O)Cn1nnc2ccccc21)N(C)C. The second-order valence-electron chi connectivity index (χ2n) is 6.45. The highest BCUT2D eigenvalue weighted by atomic mass is 32.1. The highest BCUT2D eigenvalue weighted by Gasteiger charge is 2.20. The Kier molecular flexibility index (Phi) is 5.45. The summed E-state index contributed by atoms with van der Waals surface area (Å²) in [6, 6.07) is 10.0. The molecule has 0 bridgehead atoms. The van der Waals surface area contributed by atoms with Gasteiger partial charge in [-0.05, 0) is 55.5 Å². The number of para-hydroxylation sites is 1. The number of benzene rings is 1. The van der Waals surface area contributed by atoms with Crippen LogP contribution < -0.4 is 0 Å². The molecule has 0 aliphatic heterocycles. The summed E-state index contributed by atoms with van der Waals surface area (Å²) in [7, 11) is 4.06. The molecule has 3 rings (SSSR count). The zero-order valence-corrected chi connectivity index (χ0v) is 15.6. The molecule has 1 aromatic carbocycles. The Morgan fingerprint density at radius 1 is 1.28 bits per heavy atom. The topological polar surface area (TPSA) is 54.3 Å². The summed E-state index contributed by atoms with van der Waals surface area (Å²) in [6.07, 6.45) is 0. The summed E-state index contributed by atoms with van der Waals surface area (Å²) in [5.74, 6) is 0.0514. The standard InChI is InChI=1S/C18H23N5OS/c1-14(21(2)3)10-22(11-15-8-9-25-13-15)18(24)12-23-17-7-5-4-6-16(17)19-20-23/h4-9,13-14H,10-12H2,1-3H3. The van der Waals surface area contributed by atoms with Crippen LogP contribution in [-0.2, 0) is 17.9 Å². The molecule has 1 unspecified atom stereocenters. The summed E-state index contributed by atoms with van der Waals surface area (Å²) >= 11 is 1.65. The molecule has 1 amide bonds. The number of aromatic nitrogens is 3. The third-order valence-corrected chi connectivity index (χ3v) is 5.11. The Morgan fingerprint density at radius 2 is 2.08 bits per heavy atom. The van der Waals surface area contributed by atoms with E-state index >= 15 is 0 Å². The van der Waals surface area contributed by atoms with Crippen LogP contribution in [0.4, 0.5) is 0 Å². The average Bonchev–Trinajstić information content (AvgIpc) is 3.24. The van der Waals surface area contributed by atoms with Gasteiger partial charge in [0.25, 0.3) is 0 Å². The van der Waals surface area contributed by atoms with Gasteiger partial charge in [0.1, 0.15) is 12.1 Å². The summed E-state index contributed by atoms with van der Waals surface area (Å²) in [4.78, 5) is 17.0. The Morgan fingerprint density at radius 3 is 2.80 bits per heavy atom. The number of hydrogen-bond acceptors (Lipinski definition) is 5. The van der Waals surface area contributed by atoms with Crippen LogP contribution in [0.2, 0.25) is 0 Å². The van der Waals surface area contributed by atoms with Crippen molar-refractivity contribution in [3.05, 3.63) is 46.7 Å². The zero-order valence-electron chi connectivity index (χ0n) is 14.8. The molecule has 0 aliphatic carbocycles. The van der Waals surface area contributed by atoms with Gasteiger partial charge in [0.05, 0.1) is 5.52 Å². The fraction of sp³-hybridized carbons (Fsp3) is 0.389. The molecule has 0 saturated heterocycles. The molecule has 132 valence electrons. The first kappa shape index (κ1) is 17.6. The number of amides is 1. The van der Waals surface area contributed by atoms with Crippen LogP contribution >= 0.6 is 11.3 Å². The molecule has 0 aliphatic rings. The van der Waals surface area contributed by atoms with Crippen LogP contribution in [0, 0.1) is 0 Å². The van der Waals surface area contributed by atoms with Crippen molar-refractivity contribution in [3.63, 3.8) is 0 Å². The van der Waals surface area contributed by atoms with Crippen molar-refractivity contribution in [2.24, 2.45) is 0 Å². The zero-order chi connectivity index (χ0) is 17.8. The van der Waals surface area contributed by atoms with E-state index in [1.165, 1.54) is 0 Å². The normalized spacial score (nSPS) is 12.6. The second kappa shape index (κ2) is 7.76. The van der Waals surface area contributed by atoms with E-state index in [1.54, 1.807) is 16.0 Å². The van der Waals surface area contributed by atoms with Gasteiger partial charge in [-0.25, -0.2) is 4.68 Å². The maximum atomic E-state index is 13.0. The van der Waals surface area contributed by atoms with Gasteiger partial charge in [-0.1, -0.05) is 17.3 Å². The summed E-state index contributed by atoms with van der Waals surface area (Å²) in [5, 5.41) is 12.4. The number of nitrogens with zero attached hydrogens (tertiary/aromatic N) is 5. The van der Waals surface area contributed by atoms with Crippen molar-refractivity contribution in [1.82, 2.24) is 24.8 Å². The first-order valence-corrected chi connectivity index (χ1v) is 9.22. The average molecular weight is 357 g/mol. The van der Waals surface area contributed by atoms with Crippen molar-refractivity contribution in [2.45, 2.75) is 26.1 Å². The Hall–Kier alpha value is -2.25. The first-order chi connectivity index (χ1) is 12.0. The maximum absolute atomic E-state index is 13.0. The van der Waals surface area contributed by atoms with Crippen LogP contribution in [0.25, 0.3) is 11.0 Å². The number of carbonyl (C=O) groups excluding carboxylic acids is 1. The van der Waals surface area contributed by atoms with Gasteiger partial charge < -0.3 is 9.80 Å². The second-order valence-corrected chi connectivity index (χ2v) is 7.23. The van der Waals surface area contributed by atoms with Crippen molar-refractivity contribution in [2.75, 3.05) is 20.6 Å². The number of rotatable bonds is 7. The van der Waals surface area contributed by atoms with Gasteiger partial charge in [-0.15, -0.1) is 5.10 Å². The van der Waals surface area contributed by atoms with E-state index in [0.717, 1.165) is 16.6 Å². The predicted octanol–water partition coefficient (Wildman–Crippen LogP) is 2.47. The Balaban J connectivity index is 1.77. The lowest BCUT2D eigenvalue weighted by atomic mass is 10.2. The minimum atomic E-state index is 0.0514. The molecule has 0 spiro atoms. The maximum Gasteiger partial charge on any atom is 0.244 e. The third kappa shape index (κ3) is 4.24. The van der Waals surface area contributed by atoms with E-state index < -0.39 is 0 Å². The number of thiophene rings is 1. The van der Waals surface area contributed by atoms with Gasteiger partial charge in [-0.3, -0.25) is 4.79 Å². The predicted molar refractivity (Wildman–Crippen MR) is 100 cm³/mol. The Bertz CT molecular complexity index is 827. The lowest BCUT2D eigenvalue weighted by molar-refractivity contribution is -0.133. The lowest BCUT2D eigenvalue weighted by Crippen LogP contribution is -2.42. The fourth-order valence-corrected chi connectivity index (χ4v) is 3.26. The number of hydrogen-bond donors (Lipinski definition) is 0. The minimum absolute atomic E-state index is 0.0514. The molecule has 0 N–H and O–H groups in total. The molecule has 0 radical (unpaired) electrons. The quantitative estimate of drug-likeness (QED) is 0.652. The largest absolute Gasteiger partial charge is 0.335 e. The smallest absolute Gasteiger partial charge is 0.244 e. The molecule has 0 fully saturated rings. The van der Waals surface area contributed by atoms with Gasteiger partial charge >= 0.3 is 0 Å². The van der Waals surface area contributed by atoms with Gasteiger partial charge in [-0.2, -0.15) is 11.3 Å². The van der Waals surface area contributed by atoms with Crippen LogP contribution in [0.1, 0.15) is 12.5 Å². The number of likely N-dealkylation sites (N-methyl/N-ethyl adjacent to an activating group) is 1. The van der Waals surface area contributed by atoms with Crippen LogP contribution in [0.3, 0.4) is 0 Å². The van der Waals surface area contributed by atoms with E-state index in [2.05, 4.69) is 33.6 Å². The first-order valence-electron chi connectivity index (χ1n) is 8.28. The van der Waals surface area contributed by atoms with Crippen molar-refractivity contribution in [1.29, 1.82) is 0 Å². The van der Waals surface area contributed by atoms with E-state index in [4.69, 9.17) is 0 Å². The van der Waals surface area contributed by atoms with Crippen LogP contribution in [-0.4, -0.2) is 57.4 Å². The van der Waals surface area contributed by atoms with E-state index in [9.17, 15) is 4.79 Å². The molecular weight excluding hydrogens is 334 g/mol. The van der Waals surface area contributed by atoms with Gasteiger partial charge in [0, 0.05) is 19.1 Å². The van der Waals surface area contributed by atoms with Crippen molar-refractivity contribution >= 4 is 28.3 Å². The summed E-state index contributed by atoms with van der Waals surface area (Å²) in [6.45, 7) is 3.62. The van der Waals surface area contributed by atoms with Crippen molar-refractivity contribution in [3.8, 4) is 0 Å². The molecule has 6 nitrogen and oxygen atoms in total. The number of fused-ring (bicyclic) bond motifs is 1. The van der Waals surface area contributed by atoms with Crippen molar-refractivity contribution < 1.29 is 4.79 Å². The van der Waals surface area contributed by atoms with E-state index in [0.29, 0.717) is 13.1 Å². The minimum Gasteiger partial charge on any atom is -0.335 e. The number of carbonyl (C=O) groups is 1. The molecule has 2 heterocycles. The molecule has 25 heavy (non-hydrogen) atoms. The summed E-state index contributed by atoms with van der Waals surface area (Å²) < 4.78 is 1.68. The van der Waals surface area contributed by atoms with Gasteiger partial charge in [0.2, 0.25) is 5.91 Å². The molecule has 1 atom stereocenters. The molecule has 2 aromatic heterocycles. The molecule has 7 heteroatoms. The summed E-state index contributed by atoms with van der Waals surface area (Å²) in [5.41, 5.74) is 2.85. The van der Waals surface area contributed by atoms with E-state index in [-0.39, 0.29) is 18.5 Å². The Labute approximate surface area is 151 Å². The van der Waals surface area contributed by atoms with Crippen LogP contribution in [0.15, 0.2) is 41.1 Å². The molecule has 0 saturated carbocycles. The highest BCUT2D eigenvalue weighted by molar-refractivity contribution is 7.07. The molecule has 3 aromatic rings. The van der Waals surface area contributed by atoms with Crippen LogP contribution in [0.5, 0.6) is 0 Å². The van der Waals surface area contributed by atoms with E-state index in [1.807, 2.05) is 48.6 Å². The van der Waals surface area contributed by atoms with Gasteiger partial charge in [0.15, 0.2) is 0 Å². The third-order valence-electron chi connectivity index (χ3n) is 4.38. The highest BCUT2D eigenvalue weighted by Crippen LogP contribution is 2.13. The fourth-order valence-electron chi connectivity index (χ4n) is 2.60. The monoisotopic (exact) mass is 357 g/mol.